The molecule has 1 aliphatic rings. The predicted molar refractivity (Wildman–Crippen MR) is 67.8 cm³/mol. The summed E-state index contributed by atoms with van der Waals surface area (Å²) in [7, 11) is 0. The molecule has 0 bridgehead atoms. The number of fused-ring (bicyclic) bond motifs is 2. The number of oxazole rings is 1. The molecule has 4 nitrogen and oxygen atoms in total. The molecule has 1 aromatic carbocycles. The van der Waals surface area contributed by atoms with E-state index in [2.05, 4.69) is 33.5 Å². The van der Waals surface area contributed by atoms with Crippen LogP contribution in [0.25, 0.3) is 22.7 Å². The maximum absolute atomic E-state index is 5.72. The Kier molecular flexibility index (Phi) is 1.98. The van der Waals surface area contributed by atoms with Crippen LogP contribution in [0.15, 0.2) is 40.9 Å². The van der Waals surface area contributed by atoms with Gasteiger partial charge in [0.1, 0.15) is 0 Å². The number of nitrogens with one attached hydrogen (secondary N) is 1. The van der Waals surface area contributed by atoms with Gasteiger partial charge in [0, 0.05) is 24.8 Å². The molecule has 0 radical (unpaired) electrons. The second-order valence-corrected chi connectivity index (χ2v) is 4.43. The second kappa shape index (κ2) is 3.65. The number of nitrogens with zero attached hydrogens (tertiary/aromatic N) is 2. The summed E-state index contributed by atoms with van der Waals surface area (Å²) in [5.74, 6) is 0.637. The lowest BCUT2D eigenvalue weighted by atomic mass is 10.1. The van der Waals surface area contributed by atoms with Crippen molar-refractivity contribution >= 4 is 11.2 Å². The highest BCUT2D eigenvalue weighted by atomic mass is 16.3. The summed E-state index contributed by atoms with van der Waals surface area (Å²) in [4.78, 5) is 8.59. The van der Waals surface area contributed by atoms with Gasteiger partial charge in [-0.2, -0.15) is 4.98 Å². The van der Waals surface area contributed by atoms with Crippen LogP contribution in [0.5, 0.6) is 0 Å². The van der Waals surface area contributed by atoms with Gasteiger partial charge < -0.3 is 9.73 Å². The van der Waals surface area contributed by atoms with Crippen LogP contribution >= 0.6 is 0 Å². The molecule has 4 rings (SSSR count). The lowest BCUT2D eigenvalue weighted by Gasteiger charge is -1.99. The topological polar surface area (TPSA) is 51.0 Å². The second-order valence-electron chi connectivity index (χ2n) is 4.43. The van der Waals surface area contributed by atoms with Crippen LogP contribution in [0, 0.1) is 0 Å². The molecule has 0 saturated carbocycles. The first-order valence-electron chi connectivity index (χ1n) is 5.94. The van der Waals surface area contributed by atoms with Crippen molar-refractivity contribution in [3.63, 3.8) is 0 Å². The van der Waals surface area contributed by atoms with Gasteiger partial charge >= 0.3 is 0 Å². The molecular weight excluding hydrogens is 226 g/mol. The van der Waals surface area contributed by atoms with E-state index in [0.717, 1.165) is 24.2 Å². The largest absolute Gasteiger partial charge is 0.434 e. The van der Waals surface area contributed by atoms with Crippen molar-refractivity contribution in [2.24, 2.45) is 0 Å². The summed E-state index contributed by atoms with van der Waals surface area (Å²) in [6.07, 6.45) is 1.72. The first-order chi connectivity index (χ1) is 8.90. The Bertz CT molecular complexity index is 700. The molecule has 2 aromatic heterocycles. The van der Waals surface area contributed by atoms with E-state index in [4.69, 9.17) is 4.42 Å². The molecule has 3 heterocycles. The predicted octanol–water partition coefficient (Wildman–Crippen LogP) is 2.49. The van der Waals surface area contributed by atoms with Gasteiger partial charge in [-0.1, -0.05) is 6.07 Å². The van der Waals surface area contributed by atoms with E-state index in [-0.39, 0.29) is 0 Å². The van der Waals surface area contributed by atoms with Gasteiger partial charge in [0.05, 0.1) is 0 Å². The van der Waals surface area contributed by atoms with E-state index < -0.39 is 0 Å². The summed E-state index contributed by atoms with van der Waals surface area (Å²) >= 11 is 0. The summed E-state index contributed by atoms with van der Waals surface area (Å²) in [5, 5.41) is 3.33. The smallest absolute Gasteiger partial charge is 0.228 e. The van der Waals surface area contributed by atoms with Crippen molar-refractivity contribution in [1.82, 2.24) is 15.3 Å². The zero-order valence-corrected chi connectivity index (χ0v) is 9.68. The highest BCUT2D eigenvalue weighted by molar-refractivity contribution is 5.72. The summed E-state index contributed by atoms with van der Waals surface area (Å²) in [6.45, 7) is 1.87. The van der Waals surface area contributed by atoms with Gasteiger partial charge in [0.25, 0.3) is 0 Å². The van der Waals surface area contributed by atoms with Crippen LogP contribution < -0.4 is 5.32 Å². The first-order valence-corrected chi connectivity index (χ1v) is 5.94. The fourth-order valence-corrected chi connectivity index (χ4v) is 2.32. The maximum atomic E-state index is 5.72. The third kappa shape index (κ3) is 1.43. The van der Waals surface area contributed by atoms with E-state index in [1.165, 1.54) is 11.1 Å². The molecule has 0 aliphatic carbocycles. The zero-order valence-electron chi connectivity index (χ0n) is 9.68. The number of pyridine rings is 1. The third-order valence-electron chi connectivity index (χ3n) is 3.25. The minimum Gasteiger partial charge on any atom is -0.434 e. The standard InChI is InChI=1S/C14H11N3O/c1-2-12-13(16-5-1)17-14(18-12)9-3-4-10-7-15-8-11(10)6-9/h1-6,15H,7-8H2. The average Bonchev–Trinajstić information content (AvgIpc) is 3.04. The Labute approximate surface area is 104 Å². The minimum atomic E-state index is 0.637. The highest BCUT2D eigenvalue weighted by Gasteiger charge is 2.14. The number of rotatable bonds is 1. The Morgan fingerprint density at radius 1 is 1.11 bits per heavy atom. The van der Waals surface area contributed by atoms with Crippen LogP contribution in [0.3, 0.4) is 0 Å². The number of benzene rings is 1. The normalized spacial score (nSPS) is 14.0. The van der Waals surface area contributed by atoms with E-state index in [1.54, 1.807) is 6.20 Å². The van der Waals surface area contributed by atoms with Gasteiger partial charge in [0.15, 0.2) is 11.2 Å². The Morgan fingerprint density at radius 2 is 2.06 bits per heavy atom. The molecular formula is C14H11N3O. The molecule has 0 saturated heterocycles. The van der Waals surface area contributed by atoms with Gasteiger partial charge in [-0.25, -0.2) is 4.98 Å². The molecule has 0 amide bonds. The lowest BCUT2D eigenvalue weighted by Crippen LogP contribution is -1.99. The molecule has 4 heteroatoms. The Morgan fingerprint density at radius 3 is 3.00 bits per heavy atom. The van der Waals surface area contributed by atoms with E-state index in [9.17, 15) is 0 Å². The third-order valence-corrected chi connectivity index (χ3v) is 3.25. The van der Waals surface area contributed by atoms with E-state index >= 15 is 0 Å². The van der Waals surface area contributed by atoms with Crippen molar-refractivity contribution in [3.05, 3.63) is 47.7 Å². The monoisotopic (exact) mass is 237 g/mol. The van der Waals surface area contributed by atoms with Crippen LogP contribution in [-0.4, -0.2) is 9.97 Å². The van der Waals surface area contributed by atoms with Gasteiger partial charge in [-0.15, -0.1) is 0 Å². The molecule has 3 aromatic rings. The van der Waals surface area contributed by atoms with Crippen molar-refractivity contribution < 1.29 is 4.42 Å². The molecule has 0 fully saturated rings. The van der Waals surface area contributed by atoms with Crippen LogP contribution in [-0.2, 0) is 13.1 Å². The summed E-state index contributed by atoms with van der Waals surface area (Å²) < 4.78 is 5.72. The van der Waals surface area contributed by atoms with Crippen molar-refractivity contribution in [3.8, 4) is 11.5 Å². The Balaban J connectivity index is 1.86. The van der Waals surface area contributed by atoms with Gasteiger partial charge in [-0.05, 0) is 35.4 Å². The van der Waals surface area contributed by atoms with Crippen LogP contribution in [0.4, 0.5) is 0 Å². The molecule has 0 unspecified atom stereocenters. The zero-order chi connectivity index (χ0) is 11.9. The van der Waals surface area contributed by atoms with Crippen molar-refractivity contribution in [2.75, 3.05) is 0 Å². The van der Waals surface area contributed by atoms with Gasteiger partial charge in [-0.3, -0.25) is 0 Å². The molecule has 88 valence electrons. The highest BCUT2D eigenvalue weighted by Crippen LogP contribution is 2.26. The van der Waals surface area contributed by atoms with Crippen LogP contribution in [0.1, 0.15) is 11.1 Å². The average molecular weight is 237 g/mol. The van der Waals surface area contributed by atoms with Crippen molar-refractivity contribution in [1.29, 1.82) is 0 Å². The lowest BCUT2D eigenvalue weighted by molar-refractivity contribution is 0.619. The number of aromatic nitrogens is 2. The van der Waals surface area contributed by atoms with Gasteiger partial charge in [0.2, 0.25) is 5.89 Å². The van der Waals surface area contributed by atoms with E-state index in [0.29, 0.717) is 11.5 Å². The molecule has 1 N–H and O–H groups in total. The molecule has 18 heavy (non-hydrogen) atoms. The van der Waals surface area contributed by atoms with E-state index in [1.807, 2.05) is 12.1 Å². The molecule has 0 spiro atoms. The van der Waals surface area contributed by atoms with Crippen LogP contribution in [0.2, 0.25) is 0 Å². The fourth-order valence-electron chi connectivity index (χ4n) is 2.32. The Hall–Kier alpha value is -2.20. The molecule has 0 atom stereocenters. The molecule has 1 aliphatic heterocycles. The van der Waals surface area contributed by atoms with Crippen molar-refractivity contribution in [2.45, 2.75) is 13.1 Å². The summed E-state index contributed by atoms with van der Waals surface area (Å²) in [6, 6.07) is 10.1. The number of hydrogen-bond donors (Lipinski definition) is 1. The SMILES string of the molecule is c1cnc2nc(-c3ccc4c(c3)CNC4)oc2c1. The number of hydrogen-bond acceptors (Lipinski definition) is 4. The quantitative estimate of drug-likeness (QED) is 0.706. The fraction of sp³-hybridized carbons (Fsp3) is 0.143. The maximum Gasteiger partial charge on any atom is 0.228 e. The first kappa shape index (κ1) is 9.79. The minimum absolute atomic E-state index is 0.637. The summed E-state index contributed by atoms with van der Waals surface area (Å²) in [5.41, 5.74) is 5.07.